The van der Waals surface area contributed by atoms with Crippen molar-refractivity contribution in [2.75, 3.05) is 63.3 Å². The summed E-state index contributed by atoms with van der Waals surface area (Å²) in [6, 6.07) is 15.6. The fourth-order valence-electron chi connectivity index (χ4n) is 7.24. The highest BCUT2D eigenvalue weighted by atomic mass is 32.2. The number of amides is 3. The van der Waals surface area contributed by atoms with E-state index in [1.54, 1.807) is 43.0 Å². The number of piperidine rings is 1. The van der Waals surface area contributed by atoms with E-state index in [0.29, 0.717) is 36.5 Å². The van der Waals surface area contributed by atoms with Crippen molar-refractivity contribution in [2.24, 2.45) is 0 Å². The fraction of sp³-hybridized carbons (Fsp3) is 0.444. The zero-order valence-corrected chi connectivity index (χ0v) is 29.5. The normalized spacial score (nSPS) is 20.3. The van der Waals surface area contributed by atoms with E-state index in [-0.39, 0.29) is 52.1 Å². The Labute approximate surface area is 293 Å². The second-order valence-electron chi connectivity index (χ2n) is 12.5. The molecule has 50 heavy (non-hydrogen) atoms. The van der Waals surface area contributed by atoms with Crippen LogP contribution in [-0.2, 0) is 20.4 Å². The summed E-state index contributed by atoms with van der Waals surface area (Å²) < 4.78 is 41.4. The minimum absolute atomic E-state index is 0.00450. The number of hydrogen-bond acceptors (Lipinski definition) is 10. The molecule has 0 spiro atoms. The summed E-state index contributed by atoms with van der Waals surface area (Å²) in [6.45, 7) is 11.4. The summed E-state index contributed by atoms with van der Waals surface area (Å²) in [5.74, 6) is -0.833. The number of aromatic nitrogens is 1. The summed E-state index contributed by atoms with van der Waals surface area (Å²) >= 11 is 0. The lowest BCUT2D eigenvalue weighted by Gasteiger charge is -2.43. The number of piperazine rings is 1. The average molecular weight is 702 g/mol. The van der Waals surface area contributed by atoms with Crippen LogP contribution in [0.3, 0.4) is 0 Å². The van der Waals surface area contributed by atoms with E-state index in [2.05, 4.69) is 33.1 Å². The van der Waals surface area contributed by atoms with E-state index in [9.17, 15) is 18.5 Å². The lowest BCUT2D eigenvalue weighted by Crippen LogP contribution is -2.61. The van der Waals surface area contributed by atoms with Crippen molar-refractivity contribution in [2.45, 2.75) is 50.1 Å². The summed E-state index contributed by atoms with van der Waals surface area (Å²) in [7, 11) is -4.62. The van der Waals surface area contributed by atoms with Crippen LogP contribution < -0.4 is 19.1 Å². The Balaban J connectivity index is 1.42. The van der Waals surface area contributed by atoms with Crippen LogP contribution in [0.2, 0.25) is 0 Å². The molecule has 264 valence electrons. The Morgan fingerprint density at radius 1 is 0.960 bits per heavy atom. The number of para-hydroxylation sites is 1. The Morgan fingerprint density at radius 3 is 2.36 bits per heavy atom. The molecule has 1 unspecified atom stereocenters. The van der Waals surface area contributed by atoms with E-state index in [1.807, 2.05) is 0 Å². The zero-order valence-electron chi connectivity index (χ0n) is 28.7. The third kappa shape index (κ3) is 6.25. The predicted molar refractivity (Wildman–Crippen MR) is 186 cm³/mol. The molecule has 3 aliphatic heterocycles. The molecule has 0 bridgehead atoms. The van der Waals surface area contributed by atoms with Crippen LogP contribution >= 0.6 is 0 Å². The highest BCUT2D eigenvalue weighted by Gasteiger charge is 2.59. The van der Waals surface area contributed by atoms with Gasteiger partial charge in [0.1, 0.15) is 10.6 Å². The lowest BCUT2D eigenvalue weighted by atomic mass is 9.83. The fourth-order valence-corrected chi connectivity index (χ4v) is 8.84. The molecule has 2 fully saturated rings. The van der Waals surface area contributed by atoms with E-state index in [4.69, 9.17) is 9.47 Å². The van der Waals surface area contributed by atoms with Gasteiger partial charge in [-0.2, -0.15) is 9.57 Å². The number of anilines is 1. The van der Waals surface area contributed by atoms with Crippen molar-refractivity contribution in [3.63, 3.8) is 0 Å². The van der Waals surface area contributed by atoms with Gasteiger partial charge < -0.3 is 24.6 Å². The van der Waals surface area contributed by atoms with Crippen molar-refractivity contribution < 1.29 is 27.5 Å². The van der Waals surface area contributed by atoms with Crippen LogP contribution in [-0.4, -0.2) is 105 Å². The third-order valence-electron chi connectivity index (χ3n) is 9.79. The largest absolute Gasteiger partial charge is 0.492 e. The standard InChI is InChI=1S/C36H43N7O6S/c1-4-40-18-15-27(16-19-40)41-20-22-42(23-21-41)35(45)39-36(28-10-9-17-38-33(28)49-6-3)29-24-26(25-37)13-14-30(29)43(34(36)44)50(46,47)32-12-8-7-11-31(32)48-5-2/h7-14,17,24,27H,4-6,15-16,18-23H2,1-3H3,(H,39,45). The van der Waals surface area contributed by atoms with Gasteiger partial charge >= 0.3 is 6.03 Å². The Morgan fingerprint density at radius 2 is 1.68 bits per heavy atom. The first kappa shape index (κ1) is 35.1. The SMILES string of the molecule is CCOc1ccccc1S(=O)(=O)N1C(=O)C(NC(=O)N2CCN(C3CCN(CC)CC3)CC2)(c2cccnc2OCC)c2cc(C#N)ccc21. The molecule has 6 rings (SSSR count). The van der Waals surface area contributed by atoms with Crippen molar-refractivity contribution in [3.8, 4) is 17.7 Å². The molecule has 3 aromatic rings. The van der Waals surface area contributed by atoms with Crippen LogP contribution in [0, 0.1) is 11.3 Å². The average Bonchev–Trinajstić information content (AvgIpc) is 3.39. The Hall–Kier alpha value is -4.71. The summed E-state index contributed by atoms with van der Waals surface area (Å²) in [5.41, 5.74) is -1.68. The number of carbonyl (C=O) groups is 2. The van der Waals surface area contributed by atoms with Crippen molar-refractivity contribution in [3.05, 3.63) is 77.5 Å². The second kappa shape index (κ2) is 14.6. The summed E-state index contributed by atoms with van der Waals surface area (Å²) in [5, 5.41) is 12.9. The van der Waals surface area contributed by atoms with Crippen LogP contribution in [0.4, 0.5) is 10.5 Å². The van der Waals surface area contributed by atoms with Gasteiger partial charge in [0.05, 0.1) is 36.1 Å². The smallest absolute Gasteiger partial charge is 0.318 e. The first-order valence-electron chi connectivity index (χ1n) is 17.2. The molecule has 1 atom stereocenters. The minimum Gasteiger partial charge on any atom is -0.492 e. The third-order valence-corrected chi connectivity index (χ3v) is 11.5. The van der Waals surface area contributed by atoms with Gasteiger partial charge in [0.2, 0.25) is 5.88 Å². The molecule has 3 aliphatic rings. The highest BCUT2D eigenvalue weighted by Crippen LogP contribution is 2.49. The molecule has 4 heterocycles. The van der Waals surface area contributed by atoms with Crippen molar-refractivity contribution in [1.29, 1.82) is 5.26 Å². The van der Waals surface area contributed by atoms with Gasteiger partial charge in [-0.05, 0) is 88.8 Å². The van der Waals surface area contributed by atoms with Crippen molar-refractivity contribution >= 4 is 27.6 Å². The molecule has 1 aromatic heterocycles. The van der Waals surface area contributed by atoms with Gasteiger partial charge in [-0.25, -0.2) is 18.2 Å². The lowest BCUT2D eigenvalue weighted by molar-refractivity contribution is -0.121. The summed E-state index contributed by atoms with van der Waals surface area (Å²) in [4.78, 5) is 40.2. The number of nitrogens with zero attached hydrogens (tertiary/aromatic N) is 6. The molecule has 14 heteroatoms. The molecule has 13 nitrogen and oxygen atoms in total. The molecule has 1 N–H and O–H groups in total. The number of carbonyl (C=O) groups excluding carboxylic acids is 2. The molecule has 2 saturated heterocycles. The molecular weight excluding hydrogens is 659 g/mol. The van der Waals surface area contributed by atoms with Gasteiger partial charge in [-0.15, -0.1) is 0 Å². The van der Waals surface area contributed by atoms with E-state index in [1.165, 1.54) is 36.5 Å². The van der Waals surface area contributed by atoms with Gasteiger partial charge in [0, 0.05) is 44.0 Å². The number of sulfonamides is 1. The van der Waals surface area contributed by atoms with E-state index in [0.717, 1.165) is 32.5 Å². The summed E-state index contributed by atoms with van der Waals surface area (Å²) in [6.07, 6.45) is 3.65. The van der Waals surface area contributed by atoms with Crippen LogP contribution in [0.25, 0.3) is 0 Å². The minimum atomic E-state index is -4.62. The number of nitriles is 1. The number of nitrogens with one attached hydrogen (secondary N) is 1. The predicted octanol–water partition coefficient (Wildman–Crippen LogP) is 3.54. The first-order valence-corrected chi connectivity index (χ1v) is 18.6. The number of fused-ring (bicyclic) bond motifs is 1. The monoisotopic (exact) mass is 701 g/mol. The van der Waals surface area contributed by atoms with Gasteiger partial charge in [0.25, 0.3) is 15.9 Å². The number of ether oxygens (including phenoxy) is 2. The Kier molecular flexibility index (Phi) is 10.3. The Bertz CT molecular complexity index is 1880. The topological polar surface area (TPSA) is 148 Å². The van der Waals surface area contributed by atoms with E-state index < -0.39 is 27.5 Å². The van der Waals surface area contributed by atoms with Crippen molar-refractivity contribution in [1.82, 2.24) is 25.0 Å². The van der Waals surface area contributed by atoms with Crippen LogP contribution in [0.1, 0.15) is 50.3 Å². The highest BCUT2D eigenvalue weighted by molar-refractivity contribution is 7.93. The number of likely N-dealkylation sites (tertiary alicyclic amines) is 1. The first-order chi connectivity index (χ1) is 24.2. The van der Waals surface area contributed by atoms with E-state index >= 15 is 4.79 Å². The molecule has 3 amide bonds. The zero-order chi connectivity index (χ0) is 35.5. The second-order valence-corrected chi connectivity index (χ2v) is 14.2. The van der Waals surface area contributed by atoms with Crippen LogP contribution in [0.15, 0.2) is 65.7 Å². The number of rotatable bonds is 10. The number of hydrogen-bond donors (Lipinski definition) is 1. The number of urea groups is 1. The maximum atomic E-state index is 15.2. The maximum Gasteiger partial charge on any atom is 0.318 e. The number of benzene rings is 2. The maximum absolute atomic E-state index is 15.2. The molecule has 0 aliphatic carbocycles. The number of pyridine rings is 1. The van der Waals surface area contributed by atoms with Gasteiger partial charge in [-0.1, -0.05) is 19.1 Å². The quantitative estimate of drug-likeness (QED) is 0.333. The molecular formula is C36H43N7O6S. The van der Waals surface area contributed by atoms with Gasteiger partial charge in [-0.3, -0.25) is 9.69 Å². The molecule has 2 aromatic carbocycles. The molecule has 0 radical (unpaired) electrons. The van der Waals surface area contributed by atoms with Crippen LogP contribution in [0.5, 0.6) is 11.6 Å². The molecule has 0 saturated carbocycles. The van der Waals surface area contributed by atoms with Gasteiger partial charge in [0.15, 0.2) is 5.54 Å².